The highest BCUT2D eigenvalue weighted by atomic mass is 79.9. The summed E-state index contributed by atoms with van der Waals surface area (Å²) < 4.78 is 6.46. The summed E-state index contributed by atoms with van der Waals surface area (Å²) in [7, 11) is 1.69. The Labute approximate surface area is 134 Å². The van der Waals surface area contributed by atoms with Crippen molar-refractivity contribution in [2.45, 2.75) is 19.3 Å². The van der Waals surface area contributed by atoms with Crippen LogP contribution in [0.2, 0.25) is 0 Å². The van der Waals surface area contributed by atoms with E-state index in [2.05, 4.69) is 27.3 Å². The first-order valence-electron chi connectivity index (χ1n) is 7.46. The fourth-order valence-corrected chi connectivity index (χ4v) is 3.88. The molecule has 21 heavy (non-hydrogen) atoms. The molecule has 4 nitrogen and oxygen atoms in total. The highest BCUT2D eigenvalue weighted by Gasteiger charge is 2.43. The topological polar surface area (TPSA) is 41.6 Å². The van der Waals surface area contributed by atoms with Crippen LogP contribution >= 0.6 is 15.9 Å². The number of carbonyl (C=O) groups is 1. The zero-order chi connectivity index (χ0) is 14.9. The Bertz CT molecular complexity index is 536. The molecular formula is C16H21BrN2O2. The second kappa shape index (κ2) is 6.07. The molecule has 0 saturated carbocycles. The molecular weight excluding hydrogens is 332 g/mol. The first kappa shape index (κ1) is 15.0. The molecule has 1 N–H and O–H groups in total. The van der Waals surface area contributed by atoms with E-state index in [4.69, 9.17) is 4.74 Å². The third kappa shape index (κ3) is 2.74. The zero-order valence-corrected chi connectivity index (χ0v) is 13.9. The Morgan fingerprint density at radius 1 is 1.43 bits per heavy atom. The number of ether oxygens (including phenoxy) is 1. The quantitative estimate of drug-likeness (QED) is 0.907. The molecule has 1 amide bonds. The summed E-state index contributed by atoms with van der Waals surface area (Å²) >= 11 is 3.50. The van der Waals surface area contributed by atoms with Crippen molar-refractivity contribution in [2.75, 3.05) is 38.3 Å². The highest BCUT2D eigenvalue weighted by molar-refractivity contribution is 9.10. The molecule has 0 spiro atoms. The first-order valence-corrected chi connectivity index (χ1v) is 8.26. The lowest BCUT2D eigenvalue weighted by Gasteiger charge is -2.38. The molecule has 2 aliphatic heterocycles. The van der Waals surface area contributed by atoms with Crippen molar-refractivity contribution in [1.29, 1.82) is 0 Å². The molecule has 3 rings (SSSR count). The largest absolute Gasteiger partial charge is 0.384 e. The number of halogens is 1. The fourth-order valence-electron chi connectivity index (χ4n) is 3.47. The molecule has 5 heteroatoms. The van der Waals surface area contributed by atoms with Gasteiger partial charge < -0.3 is 15.0 Å². The number of hydrogen-bond acceptors (Lipinski definition) is 3. The lowest BCUT2D eigenvalue weighted by Crippen LogP contribution is -2.51. The van der Waals surface area contributed by atoms with E-state index in [1.807, 2.05) is 17.0 Å². The summed E-state index contributed by atoms with van der Waals surface area (Å²) in [5, 5.41) is 3.34. The predicted molar refractivity (Wildman–Crippen MR) is 86.6 cm³/mol. The van der Waals surface area contributed by atoms with Gasteiger partial charge in [0.05, 0.1) is 12.0 Å². The number of fused-ring (bicyclic) bond motifs is 1. The van der Waals surface area contributed by atoms with Crippen molar-refractivity contribution in [3.8, 4) is 0 Å². The van der Waals surface area contributed by atoms with Crippen LogP contribution in [0.4, 0.5) is 5.69 Å². The Morgan fingerprint density at radius 2 is 2.19 bits per heavy atom. The highest BCUT2D eigenvalue weighted by Crippen LogP contribution is 2.37. The van der Waals surface area contributed by atoms with Gasteiger partial charge >= 0.3 is 0 Å². The minimum Gasteiger partial charge on any atom is -0.384 e. The van der Waals surface area contributed by atoms with Gasteiger partial charge in [0.25, 0.3) is 0 Å². The van der Waals surface area contributed by atoms with Crippen LogP contribution in [0.3, 0.4) is 0 Å². The van der Waals surface area contributed by atoms with Gasteiger partial charge in [0.2, 0.25) is 5.91 Å². The molecule has 0 atom stereocenters. The maximum Gasteiger partial charge on any atom is 0.235 e. The van der Waals surface area contributed by atoms with Crippen LogP contribution in [0.25, 0.3) is 0 Å². The summed E-state index contributed by atoms with van der Waals surface area (Å²) in [6.07, 6.45) is 2.63. The fraction of sp³-hybridized carbons (Fsp3) is 0.562. The molecule has 1 saturated heterocycles. The zero-order valence-electron chi connectivity index (χ0n) is 12.3. The summed E-state index contributed by atoms with van der Waals surface area (Å²) in [5.41, 5.74) is 1.95. The molecule has 1 aromatic rings. The van der Waals surface area contributed by atoms with E-state index in [9.17, 15) is 4.79 Å². The van der Waals surface area contributed by atoms with Crippen LogP contribution < -0.4 is 10.2 Å². The van der Waals surface area contributed by atoms with Gasteiger partial charge in [-0.05, 0) is 56.1 Å². The van der Waals surface area contributed by atoms with Crippen molar-refractivity contribution in [1.82, 2.24) is 5.32 Å². The number of hydrogen-bond donors (Lipinski definition) is 1. The van der Waals surface area contributed by atoms with Gasteiger partial charge in [0.1, 0.15) is 0 Å². The number of piperidine rings is 1. The number of methoxy groups -OCH3 is 1. The number of amides is 1. The van der Waals surface area contributed by atoms with Crippen molar-refractivity contribution in [2.24, 2.45) is 5.41 Å². The Morgan fingerprint density at radius 3 is 2.90 bits per heavy atom. The van der Waals surface area contributed by atoms with Crippen LogP contribution in [0.1, 0.15) is 18.4 Å². The molecule has 0 unspecified atom stereocenters. The van der Waals surface area contributed by atoms with Crippen LogP contribution in [0.15, 0.2) is 22.7 Å². The number of nitrogens with zero attached hydrogens (tertiary/aromatic N) is 1. The smallest absolute Gasteiger partial charge is 0.235 e. The number of rotatable bonds is 3. The average Bonchev–Trinajstić information content (AvgIpc) is 2.90. The second-order valence-electron chi connectivity index (χ2n) is 5.94. The van der Waals surface area contributed by atoms with E-state index in [1.54, 1.807) is 7.11 Å². The molecule has 114 valence electrons. The number of benzene rings is 1. The summed E-state index contributed by atoms with van der Waals surface area (Å²) in [4.78, 5) is 15.1. The van der Waals surface area contributed by atoms with Gasteiger partial charge in [0.15, 0.2) is 0 Å². The molecule has 1 aromatic carbocycles. The summed E-state index contributed by atoms with van der Waals surface area (Å²) in [6.45, 7) is 3.06. The third-order valence-corrected chi connectivity index (χ3v) is 5.11. The second-order valence-corrected chi connectivity index (χ2v) is 6.86. The molecule has 0 bridgehead atoms. The van der Waals surface area contributed by atoms with E-state index in [1.165, 1.54) is 5.56 Å². The number of anilines is 1. The van der Waals surface area contributed by atoms with Crippen LogP contribution in [-0.4, -0.2) is 39.3 Å². The lowest BCUT2D eigenvalue weighted by molar-refractivity contribution is -0.133. The van der Waals surface area contributed by atoms with Gasteiger partial charge in [-0.25, -0.2) is 0 Å². The van der Waals surface area contributed by atoms with E-state index in [-0.39, 0.29) is 11.3 Å². The standard InChI is InChI=1S/C16H21BrN2O2/c1-21-11-16(5-7-18-8-6-16)15(20)19-9-4-12-10-13(17)2-3-14(12)19/h2-3,10,18H,4-9,11H2,1H3. The van der Waals surface area contributed by atoms with Crippen molar-refractivity contribution in [3.63, 3.8) is 0 Å². The van der Waals surface area contributed by atoms with E-state index < -0.39 is 0 Å². The van der Waals surface area contributed by atoms with E-state index >= 15 is 0 Å². The van der Waals surface area contributed by atoms with E-state index in [0.717, 1.165) is 49.1 Å². The average molecular weight is 353 g/mol. The SMILES string of the molecule is COCC1(C(=O)N2CCc3cc(Br)ccc32)CCNCC1. The molecule has 0 aromatic heterocycles. The van der Waals surface area contributed by atoms with Crippen LogP contribution in [0, 0.1) is 5.41 Å². The molecule has 2 heterocycles. The maximum atomic E-state index is 13.2. The first-order chi connectivity index (χ1) is 10.2. The molecule has 1 fully saturated rings. The van der Waals surface area contributed by atoms with Crippen molar-refractivity contribution >= 4 is 27.5 Å². The Kier molecular flexibility index (Phi) is 4.33. The van der Waals surface area contributed by atoms with Crippen LogP contribution in [-0.2, 0) is 16.0 Å². The molecule has 0 radical (unpaired) electrons. The van der Waals surface area contributed by atoms with Crippen LogP contribution in [0.5, 0.6) is 0 Å². The third-order valence-electron chi connectivity index (χ3n) is 4.62. The lowest BCUT2D eigenvalue weighted by atomic mass is 9.78. The Balaban J connectivity index is 1.88. The number of nitrogens with one attached hydrogen (secondary N) is 1. The normalized spacial score (nSPS) is 20.4. The van der Waals surface area contributed by atoms with Gasteiger partial charge in [-0.2, -0.15) is 0 Å². The predicted octanol–water partition coefficient (Wildman–Crippen LogP) is 2.35. The van der Waals surface area contributed by atoms with Crippen molar-refractivity contribution < 1.29 is 9.53 Å². The van der Waals surface area contributed by atoms with Gasteiger partial charge in [-0.1, -0.05) is 15.9 Å². The minimum absolute atomic E-state index is 0.229. The van der Waals surface area contributed by atoms with Gasteiger partial charge in [0, 0.05) is 23.8 Å². The minimum atomic E-state index is -0.366. The molecule has 2 aliphatic rings. The van der Waals surface area contributed by atoms with Gasteiger partial charge in [-0.3, -0.25) is 4.79 Å². The Hall–Kier alpha value is -0.910. The van der Waals surface area contributed by atoms with Gasteiger partial charge in [-0.15, -0.1) is 0 Å². The van der Waals surface area contributed by atoms with E-state index in [0.29, 0.717) is 6.61 Å². The summed E-state index contributed by atoms with van der Waals surface area (Å²) in [5.74, 6) is 0.229. The number of carbonyl (C=O) groups excluding carboxylic acids is 1. The van der Waals surface area contributed by atoms with Crippen molar-refractivity contribution in [3.05, 3.63) is 28.2 Å². The summed E-state index contributed by atoms with van der Waals surface area (Å²) in [6, 6.07) is 6.18. The maximum absolute atomic E-state index is 13.2. The molecule has 0 aliphatic carbocycles. The monoisotopic (exact) mass is 352 g/mol.